The van der Waals surface area contributed by atoms with Crippen LogP contribution >= 0.6 is 27.5 Å². The molecular weight excluding hydrogens is 546 g/mol. The number of carboxylic acid groups (broad SMARTS) is 1. The molecule has 0 spiro atoms. The van der Waals surface area contributed by atoms with E-state index in [9.17, 15) is 19.5 Å². The summed E-state index contributed by atoms with van der Waals surface area (Å²) in [5, 5.41) is 10.3. The maximum atomic E-state index is 13.4. The van der Waals surface area contributed by atoms with Crippen LogP contribution in [0.15, 0.2) is 69.5 Å². The van der Waals surface area contributed by atoms with Crippen LogP contribution in [0.25, 0.3) is 0 Å². The lowest BCUT2D eigenvalue weighted by atomic mass is 9.70. The van der Waals surface area contributed by atoms with Gasteiger partial charge in [-0.15, -0.1) is 0 Å². The highest BCUT2D eigenvalue weighted by atomic mass is 79.9. The number of Topliss-reactive ketones (excluding diaryl/α,β-unsaturated/α-hetero) is 2. The highest BCUT2D eigenvalue weighted by molar-refractivity contribution is 9.10. The molecule has 0 unspecified atom stereocenters. The zero-order valence-electron chi connectivity index (χ0n) is 19.6. The van der Waals surface area contributed by atoms with Gasteiger partial charge in [-0.2, -0.15) is 0 Å². The van der Waals surface area contributed by atoms with Crippen molar-refractivity contribution in [1.29, 1.82) is 0 Å². The summed E-state index contributed by atoms with van der Waals surface area (Å²) in [6.45, 7) is 0.0344. The number of benzene rings is 2. The Morgan fingerprint density at radius 2 is 1.58 bits per heavy atom. The molecule has 2 aliphatic carbocycles. The molecule has 6 nitrogen and oxygen atoms in total. The molecule has 2 aromatic rings. The lowest BCUT2D eigenvalue weighted by molar-refractivity contribution is -0.138. The van der Waals surface area contributed by atoms with Crippen LogP contribution in [-0.2, 0) is 21.0 Å². The first-order chi connectivity index (χ1) is 17.3. The zero-order chi connectivity index (χ0) is 25.4. The second-order valence-corrected chi connectivity index (χ2v) is 10.6. The van der Waals surface area contributed by atoms with Crippen LogP contribution in [0.5, 0.6) is 5.75 Å². The summed E-state index contributed by atoms with van der Waals surface area (Å²) in [6.07, 6.45) is 3.28. The number of allylic oxidation sites excluding steroid dienone is 4. The number of rotatable bonds is 6. The minimum atomic E-state index is -0.988. The Bertz CT molecular complexity index is 1270. The quantitative estimate of drug-likeness (QED) is 0.447. The molecule has 0 saturated heterocycles. The topological polar surface area (TPSA) is 83.9 Å². The Morgan fingerprint density at radius 1 is 0.972 bits per heavy atom. The number of carboxylic acids is 1. The van der Waals surface area contributed by atoms with Gasteiger partial charge in [0.05, 0.1) is 0 Å². The van der Waals surface area contributed by atoms with Gasteiger partial charge in [0.1, 0.15) is 18.9 Å². The van der Waals surface area contributed by atoms with Gasteiger partial charge in [-0.3, -0.25) is 14.4 Å². The van der Waals surface area contributed by atoms with Gasteiger partial charge in [0.25, 0.3) is 0 Å². The van der Waals surface area contributed by atoms with Crippen molar-refractivity contribution in [3.8, 4) is 5.75 Å². The monoisotopic (exact) mass is 569 g/mol. The van der Waals surface area contributed by atoms with Gasteiger partial charge in [-0.05, 0) is 61.6 Å². The molecule has 5 rings (SSSR count). The van der Waals surface area contributed by atoms with Crippen LogP contribution < -0.4 is 4.74 Å². The normalized spacial score (nSPS) is 18.3. The Hall–Kier alpha value is -2.90. The van der Waals surface area contributed by atoms with Crippen LogP contribution in [0.3, 0.4) is 0 Å². The van der Waals surface area contributed by atoms with E-state index in [0.29, 0.717) is 67.1 Å². The Kier molecular flexibility index (Phi) is 7.04. The van der Waals surface area contributed by atoms with Crippen molar-refractivity contribution in [2.45, 2.75) is 51.0 Å². The number of hydrogen-bond donors (Lipinski definition) is 1. The second kappa shape index (κ2) is 10.2. The third-order valence-electron chi connectivity index (χ3n) is 6.97. The summed E-state index contributed by atoms with van der Waals surface area (Å²) in [5.41, 5.74) is 4.20. The van der Waals surface area contributed by atoms with Crippen molar-refractivity contribution in [3.05, 3.63) is 85.6 Å². The zero-order valence-corrected chi connectivity index (χ0v) is 21.9. The molecule has 0 aromatic heterocycles. The molecule has 0 bridgehead atoms. The summed E-state index contributed by atoms with van der Waals surface area (Å²) in [7, 11) is 0. The molecular formula is C28H25BrClNO5. The lowest BCUT2D eigenvalue weighted by Crippen LogP contribution is -2.41. The smallest absolute Gasteiger partial charge is 0.323 e. The second-order valence-electron chi connectivity index (χ2n) is 9.28. The van der Waals surface area contributed by atoms with E-state index in [0.717, 1.165) is 27.0 Å². The van der Waals surface area contributed by atoms with Gasteiger partial charge < -0.3 is 14.7 Å². The first-order valence-corrected chi connectivity index (χ1v) is 13.2. The van der Waals surface area contributed by atoms with Crippen LogP contribution in [0.4, 0.5) is 0 Å². The Labute approximate surface area is 222 Å². The average Bonchev–Trinajstić information content (AvgIpc) is 2.85. The maximum absolute atomic E-state index is 13.4. The molecule has 0 amide bonds. The molecule has 0 radical (unpaired) electrons. The van der Waals surface area contributed by atoms with E-state index >= 15 is 0 Å². The van der Waals surface area contributed by atoms with E-state index in [2.05, 4.69) is 15.9 Å². The fourth-order valence-electron chi connectivity index (χ4n) is 5.47. The molecule has 36 heavy (non-hydrogen) atoms. The number of nitrogens with zero attached hydrogens (tertiary/aromatic N) is 1. The van der Waals surface area contributed by atoms with Gasteiger partial charge in [0.15, 0.2) is 11.6 Å². The molecule has 2 aromatic carbocycles. The fraction of sp³-hybridized carbons (Fsp3) is 0.321. The van der Waals surface area contributed by atoms with E-state index in [1.165, 1.54) is 0 Å². The van der Waals surface area contributed by atoms with Crippen LogP contribution in [0, 0.1) is 0 Å². The molecule has 0 atom stereocenters. The van der Waals surface area contributed by atoms with Crippen LogP contribution in [-0.4, -0.2) is 34.1 Å². The standard InChI is InChI=1S/C28H25BrClNO5/c29-17-9-12-24(36-15-16-7-10-18(30)11-8-16)19(13-17)26-27-20(3-1-5-22(27)32)31(14-25(34)35)21-4-2-6-23(33)28(21)26/h7-13,26H,1-6,14-15H2,(H,34,35). The van der Waals surface area contributed by atoms with Crippen LogP contribution in [0.1, 0.15) is 55.6 Å². The number of ether oxygens (including phenoxy) is 1. The minimum absolute atomic E-state index is 0.0369. The molecule has 186 valence electrons. The van der Waals surface area contributed by atoms with Crippen molar-refractivity contribution >= 4 is 45.1 Å². The maximum Gasteiger partial charge on any atom is 0.323 e. The van der Waals surface area contributed by atoms with Crippen molar-refractivity contribution in [2.24, 2.45) is 0 Å². The van der Waals surface area contributed by atoms with E-state index in [1.807, 2.05) is 30.3 Å². The van der Waals surface area contributed by atoms with E-state index in [4.69, 9.17) is 16.3 Å². The Balaban J connectivity index is 1.65. The molecule has 0 saturated carbocycles. The Morgan fingerprint density at radius 3 is 2.17 bits per heavy atom. The number of ketones is 2. The predicted octanol–water partition coefficient (Wildman–Crippen LogP) is 6.18. The minimum Gasteiger partial charge on any atom is -0.489 e. The van der Waals surface area contributed by atoms with E-state index < -0.39 is 11.9 Å². The van der Waals surface area contributed by atoms with Crippen molar-refractivity contribution in [2.75, 3.05) is 6.54 Å². The van der Waals surface area contributed by atoms with E-state index in [-0.39, 0.29) is 18.1 Å². The van der Waals surface area contributed by atoms with Gasteiger partial charge in [-0.25, -0.2) is 0 Å². The molecule has 0 fully saturated rings. The van der Waals surface area contributed by atoms with Crippen molar-refractivity contribution in [1.82, 2.24) is 4.90 Å². The first-order valence-electron chi connectivity index (χ1n) is 12.0. The summed E-state index contributed by atoms with van der Waals surface area (Å²) in [4.78, 5) is 40.3. The number of carbonyl (C=O) groups is 3. The highest BCUT2D eigenvalue weighted by Crippen LogP contribution is 2.51. The van der Waals surface area contributed by atoms with Crippen LogP contribution in [0.2, 0.25) is 5.02 Å². The highest BCUT2D eigenvalue weighted by Gasteiger charge is 2.44. The number of aliphatic carboxylic acids is 1. The third kappa shape index (κ3) is 4.74. The van der Waals surface area contributed by atoms with Gasteiger partial charge >= 0.3 is 5.97 Å². The molecule has 1 heterocycles. The lowest BCUT2D eigenvalue weighted by Gasteiger charge is -2.43. The van der Waals surface area contributed by atoms with E-state index in [1.54, 1.807) is 17.0 Å². The fourth-order valence-corrected chi connectivity index (χ4v) is 5.98. The predicted molar refractivity (Wildman–Crippen MR) is 139 cm³/mol. The number of halogens is 2. The molecule has 1 aliphatic heterocycles. The largest absolute Gasteiger partial charge is 0.489 e. The summed E-state index contributed by atoms with van der Waals surface area (Å²) in [5.74, 6) is -1.06. The first kappa shape index (κ1) is 24.8. The number of carbonyl (C=O) groups excluding carboxylic acids is 2. The average molecular weight is 571 g/mol. The van der Waals surface area contributed by atoms with Gasteiger partial charge in [0, 0.05) is 56.4 Å². The number of hydrogen-bond acceptors (Lipinski definition) is 5. The van der Waals surface area contributed by atoms with Gasteiger partial charge in [0.2, 0.25) is 0 Å². The SMILES string of the molecule is O=C(O)CN1C2=C(C(=O)CCC2)C(c2cc(Br)ccc2OCc2ccc(Cl)cc2)C2=C1CCCC2=O. The summed E-state index contributed by atoms with van der Waals surface area (Å²) >= 11 is 9.57. The third-order valence-corrected chi connectivity index (χ3v) is 7.72. The van der Waals surface area contributed by atoms with Crippen molar-refractivity contribution < 1.29 is 24.2 Å². The molecule has 3 aliphatic rings. The summed E-state index contributed by atoms with van der Waals surface area (Å²) in [6, 6.07) is 13.0. The summed E-state index contributed by atoms with van der Waals surface area (Å²) < 4.78 is 7.06. The van der Waals surface area contributed by atoms with Gasteiger partial charge in [-0.1, -0.05) is 39.7 Å². The molecule has 8 heteroatoms. The molecule has 1 N–H and O–H groups in total. The van der Waals surface area contributed by atoms with Crippen molar-refractivity contribution in [3.63, 3.8) is 0 Å².